The molecule has 20 heavy (non-hydrogen) atoms. The van der Waals surface area contributed by atoms with Crippen molar-refractivity contribution in [1.82, 2.24) is 15.0 Å². The topological polar surface area (TPSA) is 51.1 Å². The lowest BCUT2D eigenvalue weighted by atomic mass is 10.2. The van der Waals surface area contributed by atoms with Gasteiger partial charge in [-0.2, -0.15) is 0 Å². The van der Waals surface area contributed by atoms with Crippen LogP contribution >= 0.6 is 0 Å². The zero-order chi connectivity index (χ0) is 13.8. The van der Waals surface area contributed by atoms with Crippen LogP contribution in [-0.4, -0.2) is 35.2 Å². The number of methoxy groups -OCH3 is 1. The van der Waals surface area contributed by atoms with Crippen LogP contribution in [0, 0.1) is 0 Å². The smallest absolute Gasteiger partial charge is 0.179 e. The van der Waals surface area contributed by atoms with E-state index < -0.39 is 0 Å². The summed E-state index contributed by atoms with van der Waals surface area (Å²) in [7, 11) is 1.66. The van der Waals surface area contributed by atoms with Crippen molar-refractivity contribution in [2.24, 2.45) is 0 Å². The Bertz CT molecular complexity index is 567. The number of anilines is 1. The molecule has 1 fully saturated rings. The summed E-state index contributed by atoms with van der Waals surface area (Å²) in [5, 5.41) is 0. The Morgan fingerprint density at radius 3 is 2.75 bits per heavy atom. The highest BCUT2D eigenvalue weighted by molar-refractivity contribution is 5.52. The maximum Gasteiger partial charge on any atom is 0.179 e. The number of ether oxygens (including phenoxy) is 1. The van der Waals surface area contributed by atoms with Gasteiger partial charge < -0.3 is 9.64 Å². The Morgan fingerprint density at radius 2 is 2.05 bits per heavy atom. The lowest BCUT2D eigenvalue weighted by Gasteiger charge is -2.19. The second kappa shape index (κ2) is 5.86. The minimum Gasteiger partial charge on any atom is -0.491 e. The van der Waals surface area contributed by atoms with E-state index in [1.165, 1.54) is 12.8 Å². The van der Waals surface area contributed by atoms with Crippen molar-refractivity contribution >= 4 is 5.82 Å². The number of nitrogens with zero attached hydrogens (tertiary/aromatic N) is 4. The van der Waals surface area contributed by atoms with Crippen LogP contribution in [-0.2, 0) is 6.42 Å². The van der Waals surface area contributed by atoms with Crippen LogP contribution in [0.3, 0.4) is 0 Å². The van der Waals surface area contributed by atoms with Gasteiger partial charge in [0.2, 0.25) is 0 Å². The van der Waals surface area contributed by atoms with E-state index in [4.69, 9.17) is 4.74 Å². The van der Waals surface area contributed by atoms with Crippen molar-refractivity contribution in [3.8, 4) is 5.75 Å². The molecule has 3 rings (SSSR count). The van der Waals surface area contributed by atoms with Gasteiger partial charge in [-0.25, -0.2) is 9.97 Å². The molecular formula is C15H18N4O. The first-order valence-corrected chi connectivity index (χ1v) is 6.91. The molecule has 0 bridgehead atoms. The van der Waals surface area contributed by atoms with E-state index in [9.17, 15) is 0 Å². The van der Waals surface area contributed by atoms with Crippen LogP contribution in [0.25, 0.3) is 0 Å². The molecule has 5 heteroatoms. The van der Waals surface area contributed by atoms with Crippen LogP contribution < -0.4 is 9.64 Å². The third-order valence-corrected chi connectivity index (χ3v) is 3.48. The second-order valence-electron chi connectivity index (χ2n) is 4.87. The zero-order valence-electron chi connectivity index (χ0n) is 11.6. The summed E-state index contributed by atoms with van der Waals surface area (Å²) < 4.78 is 5.38. The molecule has 0 saturated carbocycles. The van der Waals surface area contributed by atoms with Crippen LogP contribution in [0.2, 0.25) is 0 Å². The summed E-state index contributed by atoms with van der Waals surface area (Å²) in [5.74, 6) is 2.44. The Morgan fingerprint density at radius 1 is 1.20 bits per heavy atom. The predicted octanol–water partition coefficient (Wildman–Crippen LogP) is 2.07. The second-order valence-corrected chi connectivity index (χ2v) is 4.87. The van der Waals surface area contributed by atoms with Crippen LogP contribution in [0.5, 0.6) is 5.75 Å². The van der Waals surface area contributed by atoms with E-state index in [0.717, 1.165) is 36.2 Å². The molecule has 0 aromatic carbocycles. The number of rotatable bonds is 4. The lowest BCUT2D eigenvalue weighted by molar-refractivity contribution is 0.410. The third-order valence-electron chi connectivity index (χ3n) is 3.48. The molecular weight excluding hydrogens is 252 g/mol. The molecule has 0 aliphatic carbocycles. The summed E-state index contributed by atoms with van der Waals surface area (Å²) in [6.45, 7) is 2.08. The van der Waals surface area contributed by atoms with Gasteiger partial charge in [0.15, 0.2) is 11.6 Å². The SMILES string of the molecule is COc1cnc(Cc2ccccn2)nc1N1CCCC1. The number of aromatic nitrogens is 3. The van der Waals surface area contributed by atoms with Crippen molar-refractivity contribution in [3.63, 3.8) is 0 Å². The van der Waals surface area contributed by atoms with E-state index in [2.05, 4.69) is 19.9 Å². The Labute approximate surface area is 118 Å². The monoisotopic (exact) mass is 270 g/mol. The molecule has 0 N–H and O–H groups in total. The van der Waals surface area contributed by atoms with Gasteiger partial charge in [0.1, 0.15) is 5.82 Å². The average molecular weight is 270 g/mol. The Kier molecular flexibility index (Phi) is 3.76. The minimum absolute atomic E-state index is 0.645. The normalized spacial score (nSPS) is 14.6. The molecule has 0 atom stereocenters. The largest absolute Gasteiger partial charge is 0.491 e. The fraction of sp³-hybridized carbons (Fsp3) is 0.400. The van der Waals surface area contributed by atoms with E-state index in [1.54, 1.807) is 19.5 Å². The third kappa shape index (κ3) is 2.71. The first kappa shape index (κ1) is 12.8. The fourth-order valence-electron chi connectivity index (χ4n) is 2.45. The molecule has 0 radical (unpaired) electrons. The molecule has 0 spiro atoms. The highest BCUT2D eigenvalue weighted by Gasteiger charge is 2.19. The van der Waals surface area contributed by atoms with Crippen molar-refractivity contribution in [2.75, 3.05) is 25.1 Å². The zero-order valence-corrected chi connectivity index (χ0v) is 11.6. The van der Waals surface area contributed by atoms with Crippen molar-refractivity contribution in [3.05, 3.63) is 42.1 Å². The number of hydrogen-bond donors (Lipinski definition) is 0. The maximum atomic E-state index is 5.38. The molecule has 1 aliphatic heterocycles. The standard InChI is InChI=1S/C15H18N4O/c1-20-13-11-17-14(10-12-6-2-3-7-16-12)18-15(13)19-8-4-5-9-19/h2-3,6-7,11H,4-5,8-10H2,1H3. The lowest BCUT2D eigenvalue weighted by Crippen LogP contribution is -2.20. The van der Waals surface area contributed by atoms with Gasteiger partial charge in [-0.05, 0) is 25.0 Å². The van der Waals surface area contributed by atoms with E-state index >= 15 is 0 Å². The van der Waals surface area contributed by atoms with Gasteiger partial charge in [-0.1, -0.05) is 6.07 Å². The van der Waals surface area contributed by atoms with Crippen molar-refractivity contribution in [2.45, 2.75) is 19.3 Å². The maximum absolute atomic E-state index is 5.38. The molecule has 0 unspecified atom stereocenters. The average Bonchev–Trinajstić information content (AvgIpc) is 3.02. The molecule has 3 heterocycles. The van der Waals surface area contributed by atoms with Gasteiger partial charge in [0.05, 0.1) is 19.7 Å². The Hall–Kier alpha value is -2.17. The minimum atomic E-state index is 0.645. The molecule has 1 aliphatic rings. The summed E-state index contributed by atoms with van der Waals surface area (Å²) in [4.78, 5) is 15.6. The molecule has 5 nitrogen and oxygen atoms in total. The quantitative estimate of drug-likeness (QED) is 0.851. The van der Waals surface area contributed by atoms with E-state index in [-0.39, 0.29) is 0 Å². The summed E-state index contributed by atoms with van der Waals surface area (Å²) in [5.41, 5.74) is 0.977. The summed E-state index contributed by atoms with van der Waals surface area (Å²) in [6, 6.07) is 5.88. The Balaban J connectivity index is 1.87. The molecule has 2 aromatic heterocycles. The van der Waals surface area contributed by atoms with Crippen LogP contribution in [0.1, 0.15) is 24.4 Å². The molecule has 104 valence electrons. The summed E-state index contributed by atoms with van der Waals surface area (Å²) >= 11 is 0. The van der Waals surface area contributed by atoms with Gasteiger partial charge in [0, 0.05) is 25.0 Å². The van der Waals surface area contributed by atoms with Crippen molar-refractivity contribution < 1.29 is 4.74 Å². The predicted molar refractivity (Wildman–Crippen MR) is 77.1 cm³/mol. The fourth-order valence-corrected chi connectivity index (χ4v) is 2.45. The highest BCUT2D eigenvalue weighted by Crippen LogP contribution is 2.28. The molecule has 1 saturated heterocycles. The molecule has 2 aromatic rings. The van der Waals surface area contributed by atoms with Gasteiger partial charge >= 0.3 is 0 Å². The number of hydrogen-bond acceptors (Lipinski definition) is 5. The molecule has 0 amide bonds. The van der Waals surface area contributed by atoms with Gasteiger partial charge in [-0.3, -0.25) is 4.98 Å². The van der Waals surface area contributed by atoms with Crippen LogP contribution in [0.4, 0.5) is 5.82 Å². The highest BCUT2D eigenvalue weighted by atomic mass is 16.5. The van der Waals surface area contributed by atoms with Gasteiger partial charge in [0.25, 0.3) is 0 Å². The van der Waals surface area contributed by atoms with E-state index in [1.807, 2.05) is 18.2 Å². The van der Waals surface area contributed by atoms with Crippen LogP contribution in [0.15, 0.2) is 30.6 Å². The van der Waals surface area contributed by atoms with Gasteiger partial charge in [-0.15, -0.1) is 0 Å². The number of pyridine rings is 1. The van der Waals surface area contributed by atoms with Crippen molar-refractivity contribution in [1.29, 1.82) is 0 Å². The first-order valence-electron chi connectivity index (χ1n) is 6.91. The van der Waals surface area contributed by atoms with E-state index in [0.29, 0.717) is 6.42 Å². The summed E-state index contributed by atoms with van der Waals surface area (Å²) in [6.07, 6.45) is 6.62. The first-order chi connectivity index (χ1) is 9.86.